The molecule has 0 spiro atoms. The Bertz CT molecular complexity index is 842. The zero-order valence-corrected chi connectivity index (χ0v) is 13.4. The number of carbonyl (C=O) groups is 2. The van der Waals surface area contributed by atoms with Crippen molar-refractivity contribution in [3.63, 3.8) is 0 Å². The van der Waals surface area contributed by atoms with E-state index in [0.717, 1.165) is 0 Å². The smallest absolute Gasteiger partial charge is 0.290 e. The Balaban J connectivity index is 2.16. The molecule has 2 aromatic rings. The van der Waals surface area contributed by atoms with Gasteiger partial charge in [0.15, 0.2) is 5.76 Å². The Labute approximate surface area is 142 Å². The molecule has 0 saturated heterocycles. The van der Waals surface area contributed by atoms with Crippen molar-refractivity contribution in [1.29, 1.82) is 0 Å². The summed E-state index contributed by atoms with van der Waals surface area (Å²) in [6.07, 6.45) is 1.47. The number of nitrogens with zero attached hydrogens (tertiary/aromatic N) is 1. The number of thiophene rings is 1. The van der Waals surface area contributed by atoms with Crippen LogP contribution in [0.1, 0.15) is 21.3 Å². The van der Waals surface area contributed by atoms with E-state index in [4.69, 9.17) is 0 Å². The largest absolute Gasteiger partial charge is 0.503 e. The van der Waals surface area contributed by atoms with Gasteiger partial charge in [-0.1, -0.05) is 30.3 Å². The van der Waals surface area contributed by atoms with Gasteiger partial charge < -0.3 is 10.0 Å². The van der Waals surface area contributed by atoms with Gasteiger partial charge in [-0.2, -0.15) is 0 Å². The lowest BCUT2D eigenvalue weighted by Crippen LogP contribution is -2.31. The first-order valence-corrected chi connectivity index (χ1v) is 8.11. The molecule has 0 bridgehead atoms. The quantitative estimate of drug-likeness (QED) is 0.666. The van der Waals surface area contributed by atoms with Gasteiger partial charge >= 0.3 is 0 Å². The summed E-state index contributed by atoms with van der Waals surface area (Å²) in [5, 5.41) is 12.0. The lowest BCUT2D eigenvalue weighted by Gasteiger charge is -2.25. The third-order valence-electron chi connectivity index (χ3n) is 3.82. The SMILES string of the molecule is C=CCN1C(=O)C(O)=C(C(=O)c2cccs2)C1c1ccccc1F. The van der Waals surface area contributed by atoms with Crippen molar-refractivity contribution in [2.24, 2.45) is 0 Å². The predicted molar refractivity (Wildman–Crippen MR) is 89.4 cm³/mol. The van der Waals surface area contributed by atoms with Crippen molar-refractivity contribution >= 4 is 23.0 Å². The number of carbonyl (C=O) groups excluding carboxylic acids is 2. The van der Waals surface area contributed by atoms with Crippen LogP contribution in [0.2, 0.25) is 0 Å². The molecule has 0 fully saturated rings. The fraction of sp³-hybridized carbons (Fsp3) is 0.111. The third kappa shape index (κ3) is 2.55. The molecule has 1 aromatic heterocycles. The number of amides is 1. The fourth-order valence-electron chi connectivity index (χ4n) is 2.77. The van der Waals surface area contributed by atoms with Crippen molar-refractivity contribution in [3.05, 3.63) is 82.0 Å². The summed E-state index contributed by atoms with van der Waals surface area (Å²) in [7, 11) is 0. The van der Waals surface area contributed by atoms with Gasteiger partial charge in [-0.3, -0.25) is 9.59 Å². The minimum Gasteiger partial charge on any atom is -0.503 e. The van der Waals surface area contributed by atoms with Gasteiger partial charge in [-0.15, -0.1) is 17.9 Å². The second-order valence-corrected chi connectivity index (χ2v) is 6.19. The monoisotopic (exact) mass is 343 g/mol. The number of aliphatic hydroxyl groups excluding tert-OH is 1. The lowest BCUT2D eigenvalue weighted by molar-refractivity contribution is -0.128. The first-order valence-electron chi connectivity index (χ1n) is 7.24. The van der Waals surface area contributed by atoms with E-state index in [0.29, 0.717) is 4.88 Å². The van der Waals surface area contributed by atoms with Gasteiger partial charge in [0.05, 0.1) is 16.5 Å². The normalized spacial score (nSPS) is 17.5. The highest BCUT2D eigenvalue weighted by Gasteiger charge is 2.44. The van der Waals surface area contributed by atoms with Gasteiger partial charge in [-0.05, 0) is 17.5 Å². The molecule has 6 heteroatoms. The molecule has 0 radical (unpaired) electrons. The summed E-state index contributed by atoms with van der Waals surface area (Å²) in [4.78, 5) is 26.8. The van der Waals surface area contributed by atoms with E-state index < -0.39 is 29.3 Å². The maximum atomic E-state index is 14.3. The van der Waals surface area contributed by atoms with E-state index in [2.05, 4.69) is 6.58 Å². The van der Waals surface area contributed by atoms with Crippen molar-refractivity contribution in [3.8, 4) is 0 Å². The van der Waals surface area contributed by atoms with E-state index in [-0.39, 0.29) is 17.7 Å². The number of hydrogen-bond donors (Lipinski definition) is 1. The van der Waals surface area contributed by atoms with Crippen LogP contribution in [-0.4, -0.2) is 28.2 Å². The second kappa shape index (κ2) is 6.41. The first-order chi connectivity index (χ1) is 11.6. The molecule has 0 aliphatic carbocycles. The topological polar surface area (TPSA) is 57.6 Å². The third-order valence-corrected chi connectivity index (χ3v) is 4.69. The van der Waals surface area contributed by atoms with Crippen LogP contribution in [-0.2, 0) is 4.79 Å². The van der Waals surface area contributed by atoms with Crippen LogP contribution in [0.3, 0.4) is 0 Å². The number of Topliss-reactive ketones (excluding diaryl/α,β-unsaturated/α-hetero) is 1. The Hall–Kier alpha value is -2.73. The number of aliphatic hydroxyl groups is 1. The average Bonchev–Trinajstić information content (AvgIpc) is 3.18. The van der Waals surface area contributed by atoms with E-state index in [1.165, 1.54) is 40.5 Å². The molecule has 1 amide bonds. The zero-order chi connectivity index (χ0) is 17.3. The maximum absolute atomic E-state index is 14.3. The Morgan fingerprint density at radius 1 is 1.33 bits per heavy atom. The maximum Gasteiger partial charge on any atom is 0.290 e. The number of rotatable bonds is 5. The summed E-state index contributed by atoms with van der Waals surface area (Å²) in [5.74, 6) is -2.36. The van der Waals surface area contributed by atoms with Crippen LogP contribution < -0.4 is 0 Å². The summed E-state index contributed by atoms with van der Waals surface area (Å²) in [5.41, 5.74) is 0.0612. The van der Waals surface area contributed by atoms with Crippen LogP contribution in [0, 0.1) is 5.82 Å². The fourth-order valence-corrected chi connectivity index (χ4v) is 3.45. The van der Waals surface area contributed by atoms with Crippen molar-refractivity contribution in [2.45, 2.75) is 6.04 Å². The predicted octanol–water partition coefficient (Wildman–Crippen LogP) is 3.65. The molecule has 1 atom stereocenters. The minimum absolute atomic E-state index is 0.0864. The summed E-state index contributed by atoms with van der Waals surface area (Å²) < 4.78 is 14.3. The van der Waals surface area contributed by atoms with Crippen molar-refractivity contribution < 1.29 is 19.1 Å². The highest BCUT2D eigenvalue weighted by molar-refractivity contribution is 7.12. The first kappa shape index (κ1) is 16.1. The van der Waals surface area contributed by atoms with Crippen LogP contribution in [0.5, 0.6) is 0 Å². The van der Waals surface area contributed by atoms with Gasteiger partial charge in [0.25, 0.3) is 5.91 Å². The second-order valence-electron chi connectivity index (χ2n) is 5.24. The molecule has 4 nitrogen and oxygen atoms in total. The van der Waals surface area contributed by atoms with Gasteiger partial charge in [-0.25, -0.2) is 4.39 Å². The molecule has 0 saturated carbocycles. The molecule has 1 aliphatic rings. The van der Waals surface area contributed by atoms with E-state index in [1.54, 1.807) is 23.6 Å². The molecule has 2 heterocycles. The van der Waals surface area contributed by atoms with Gasteiger partial charge in [0.1, 0.15) is 5.82 Å². The van der Waals surface area contributed by atoms with Gasteiger partial charge in [0.2, 0.25) is 5.78 Å². The Morgan fingerprint density at radius 2 is 2.08 bits per heavy atom. The summed E-state index contributed by atoms with van der Waals surface area (Å²) in [6, 6.07) is 8.23. The number of hydrogen-bond acceptors (Lipinski definition) is 4. The van der Waals surface area contributed by atoms with Crippen molar-refractivity contribution in [2.75, 3.05) is 6.54 Å². The average molecular weight is 343 g/mol. The lowest BCUT2D eigenvalue weighted by atomic mass is 9.95. The highest BCUT2D eigenvalue weighted by atomic mass is 32.1. The molecule has 122 valence electrons. The zero-order valence-electron chi connectivity index (χ0n) is 12.6. The number of halogens is 1. The standard InChI is InChI=1S/C18H14FNO3S/c1-2-9-20-15(11-6-3-4-7-12(11)19)14(17(22)18(20)23)16(21)13-8-5-10-24-13/h2-8,10,15,22H,1,9H2. The van der Waals surface area contributed by atoms with Crippen LogP contribution >= 0.6 is 11.3 Å². The molecule has 3 rings (SSSR count). The molecule has 1 N–H and O–H groups in total. The Kier molecular flexibility index (Phi) is 4.31. The van der Waals surface area contributed by atoms with Crippen LogP contribution in [0.15, 0.2) is 65.8 Å². The number of ketones is 1. The van der Waals surface area contributed by atoms with Gasteiger partial charge in [0, 0.05) is 12.1 Å². The molecular formula is C18H14FNO3S. The molecular weight excluding hydrogens is 329 g/mol. The minimum atomic E-state index is -0.980. The number of benzene rings is 1. The molecule has 24 heavy (non-hydrogen) atoms. The highest BCUT2D eigenvalue weighted by Crippen LogP contribution is 2.40. The summed E-state index contributed by atoms with van der Waals surface area (Å²) in [6.45, 7) is 3.67. The van der Waals surface area contributed by atoms with Crippen LogP contribution in [0.25, 0.3) is 0 Å². The molecule has 1 aromatic carbocycles. The summed E-state index contributed by atoms with van der Waals surface area (Å²) >= 11 is 1.20. The van der Waals surface area contributed by atoms with E-state index >= 15 is 0 Å². The van der Waals surface area contributed by atoms with Crippen molar-refractivity contribution in [1.82, 2.24) is 4.90 Å². The molecule has 1 aliphatic heterocycles. The van der Waals surface area contributed by atoms with E-state index in [9.17, 15) is 19.1 Å². The van der Waals surface area contributed by atoms with E-state index in [1.807, 2.05) is 0 Å². The molecule has 1 unspecified atom stereocenters. The van der Waals surface area contributed by atoms with Crippen LogP contribution in [0.4, 0.5) is 4.39 Å². The Morgan fingerprint density at radius 3 is 2.71 bits per heavy atom.